The summed E-state index contributed by atoms with van der Waals surface area (Å²) in [6, 6.07) is 7.73. The van der Waals surface area contributed by atoms with Crippen LogP contribution < -0.4 is 0 Å². The van der Waals surface area contributed by atoms with Crippen LogP contribution in [0.15, 0.2) is 34.8 Å². The first kappa shape index (κ1) is 12.7. The topological polar surface area (TPSA) is 20.2 Å². The van der Waals surface area contributed by atoms with E-state index in [0.29, 0.717) is 15.6 Å². The highest BCUT2D eigenvalue weighted by atomic mass is 79.9. The molecule has 2 aromatic rings. The lowest BCUT2D eigenvalue weighted by atomic mass is 10.1. The van der Waals surface area contributed by atoms with Crippen molar-refractivity contribution in [3.05, 3.63) is 50.7 Å². The molecule has 1 N–H and O–H groups in total. The molecule has 0 radical (unpaired) electrons. The molecule has 0 aromatic heterocycles. The summed E-state index contributed by atoms with van der Waals surface area (Å²) in [4.78, 5) is 0. The molecule has 0 atom stereocenters. The molecule has 2 aromatic carbocycles. The van der Waals surface area contributed by atoms with Crippen LogP contribution in [0, 0.1) is 5.82 Å². The SMILES string of the molecule is Oc1cc(-c2ccc(Br)c(Cl)c2F)ccc1Cl. The van der Waals surface area contributed by atoms with Crippen LogP contribution in [0.5, 0.6) is 5.75 Å². The third kappa shape index (κ3) is 2.41. The monoisotopic (exact) mass is 334 g/mol. The van der Waals surface area contributed by atoms with Gasteiger partial charge < -0.3 is 5.11 Å². The Labute approximate surface area is 116 Å². The molecule has 0 heterocycles. The molecule has 0 aliphatic carbocycles. The highest BCUT2D eigenvalue weighted by molar-refractivity contribution is 9.10. The van der Waals surface area contributed by atoms with E-state index in [2.05, 4.69) is 15.9 Å². The van der Waals surface area contributed by atoms with Crippen LogP contribution >= 0.6 is 39.1 Å². The zero-order valence-corrected chi connectivity index (χ0v) is 11.4. The molecule has 0 fully saturated rings. The maximum absolute atomic E-state index is 13.9. The first-order valence-corrected chi connectivity index (χ1v) is 6.18. The maximum atomic E-state index is 13.9. The van der Waals surface area contributed by atoms with Crippen LogP contribution in [0.4, 0.5) is 4.39 Å². The Hall–Kier alpha value is -0.770. The van der Waals surface area contributed by atoms with Gasteiger partial charge in [0.2, 0.25) is 0 Å². The van der Waals surface area contributed by atoms with Gasteiger partial charge in [-0.05, 0) is 39.7 Å². The van der Waals surface area contributed by atoms with Crippen LogP contribution in [0.1, 0.15) is 0 Å². The lowest BCUT2D eigenvalue weighted by Gasteiger charge is -2.07. The van der Waals surface area contributed by atoms with Crippen molar-refractivity contribution in [2.75, 3.05) is 0 Å². The molecule has 0 bridgehead atoms. The fourth-order valence-corrected chi connectivity index (χ4v) is 2.02. The van der Waals surface area contributed by atoms with Crippen LogP contribution in [-0.4, -0.2) is 5.11 Å². The van der Waals surface area contributed by atoms with E-state index >= 15 is 0 Å². The van der Waals surface area contributed by atoms with Crippen molar-refractivity contribution in [3.63, 3.8) is 0 Å². The van der Waals surface area contributed by atoms with Crippen LogP contribution in [-0.2, 0) is 0 Å². The Bertz CT molecular complexity index is 587. The molecular formula is C12H6BrCl2FO. The minimum absolute atomic E-state index is 0.0111. The number of aromatic hydroxyl groups is 1. The highest BCUT2D eigenvalue weighted by Gasteiger charge is 2.12. The molecule has 5 heteroatoms. The molecule has 17 heavy (non-hydrogen) atoms. The normalized spacial score (nSPS) is 10.6. The van der Waals surface area contributed by atoms with Crippen LogP contribution in [0.2, 0.25) is 10.0 Å². The second kappa shape index (κ2) is 4.84. The molecule has 0 unspecified atom stereocenters. The summed E-state index contributed by atoms with van der Waals surface area (Å²) in [6.07, 6.45) is 0. The third-order valence-electron chi connectivity index (χ3n) is 2.29. The van der Waals surface area contributed by atoms with Gasteiger partial charge in [-0.2, -0.15) is 0 Å². The van der Waals surface area contributed by atoms with Crippen molar-refractivity contribution in [3.8, 4) is 16.9 Å². The summed E-state index contributed by atoms with van der Waals surface area (Å²) in [5, 5.41) is 9.71. The number of benzene rings is 2. The van der Waals surface area contributed by atoms with Gasteiger partial charge in [-0.1, -0.05) is 35.3 Å². The molecule has 2 rings (SSSR count). The van der Waals surface area contributed by atoms with Crippen molar-refractivity contribution in [2.45, 2.75) is 0 Å². The Kier molecular flexibility index (Phi) is 3.61. The predicted molar refractivity (Wildman–Crippen MR) is 71.2 cm³/mol. The van der Waals surface area contributed by atoms with Crippen molar-refractivity contribution in [1.29, 1.82) is 0 Å². The summed E-state index contributed by atoms with van der Waals surface area (Å²) in [7, 11) is 0. The molecule has 0 aliphatic rings. The van der Waals surface area contributed by atoms with Gasteiger partial charge in [-0.3, -0.25) is 0 Å². The standard InChI is InChI=1S/C12H6BrCl2FO/c13-8-3-2-7(12(16)11(8)15)6-1-4-9(14)10(17)5-6/h1-5,17H. The first-order chi connectivity index (χ1) is 8.00. The highest BCUT2D eigenvalue weighted by Crippen LogP contribution is 2.35. The number of phenolic OH excluding ortho intramolecular Hbond substituents is 1. The molecular weight excluding hydrogens is 330 g/mol. The first-order valence-electron chi connectivity index (χ1n) is 4.63. The summed E-state index contributed by atoms with van der Waals surface area (Å²) in [6.45, 7) is 0. The fourth-order valence-electron chi connectivity index (χ4n) is 1.43. The summed E-state index contributed by atoms with van der Waals surface area (Å²) < 4.78 is 14.4. The molecule has 0 saturated carbocycles. The van der Waals surface area contributed by atoms with Crippen LogP contribution in [0.25, 0.3) is 11.1 Å². The van der Waals surface area contributed by atoms with Crippen LogP contribution in [0.3, 0.4) is 0 Å². The smallest absolute Gasteiger partial charge is 0.150 e. The minimum atomic E-state index is -0.539. The molecule has 0 amide bonds. The van der Waals surface area contributed by atoms with Gasteiger partial charge in [0.05, 0.1) is 10.0 Å². The number of hydrogen-bond acceptors (Lipinski definition) is 1. The molecule has 0 aliphatic heterocycles. The van der Waals surface area contributed by atoms with E-state index in [4.69, 9.17) is 23.2 Å². The Morgan fingerprint density at radius 2 is 1.82 bits per heavy atom. The second-order valence-electron chi connectivity index (χ2n) is 3.39. The zero-order chi connectivity index (χ0) is 12.6. The van der Waals surface area contributed by atoms with Gasteiger partial charge in [0, 0.05) is 10.0 Å². The quantitative estimate of drug-likeness (QED) is 0.704. The van der Waals surface area contributed by atoms with Crippen molar-refractivity contribution < 1.29 is 9.50 Å². The van der Waals surface area contributed by atoms with Gasteiger partial charge in [0.15, 0.2) is 5.82 Å². The van der Waals surface area contributed by atoms with E-state index in [1.165, 1.54) is 12.1 Å². The van der Waals surface area contributed by atoms with Crippen molar-refractivity contribution in [1.82, 2.24) is 0 Å². The van der Waals surface area contributed by atoms with E-state index in [-0.39, 0.29) is 15.8 Å². The number of halogens is 4. The van der Waals surface area contributed by atoms with Crippen molar-refractivity contribution in [2.24, 2.45) is 0 Å². The number of phenols is 1. The second-order valence-corrected chi connectivity index (χ2v) is 5.03. The molecule has 0 spiro atoms. The molecule has 88 valence electrons. The van der Waals surface area contributed by atoms with Crippen molar-refractivity contribution >= 4 is 39.1 Å². The van der Waals surface area contributed by atoms with E-state index in [1.807, 2.05) is 0 Å². The van der Waals surface area contributed by atoms with E-state index in [9.17, 15) is 9.50 Å². The lowest BCUT2D eigenvalue weighted by molar-refractivity contribution is 0.476. The average molecular weight is 336 g/mol. The van der Waals surface area contributed by atoms with E-state index < -0.39 is 5.82 Å². The predicted octanol–water partition coefficient (Wildman–Crippen LogP) is 5.27. The zero-order valence-electron chi connectivity index (χ0n) is 8.35. The van der Waals surface area contributed by atoms with E-state index in [1.54, 1.807) is 18.2 Å². The fraction of sp³-hybridized carbons (Fsp3) is 0. The Balaban J connectivity index is 2.61. The summed E-state index contributed by atoms with van der Waals surface area (Å²) in [5.41, 5.74) is 0.823. The van der Waals surface area contributed by atoms with Gasteiger partial charge in [-0.15, -0.1) is 0 Å². The number of hydrogen-bond donors (Lipinski definition) is 1. The third-order valence-corrected chi connectivity index (χ3v) is 3.87. The van der Waals surface area contributed by atoms with Gasteiger partial charge in [0.25, 0.3) is 0 Å². The summed E-state index contributed by atoms with van der Waals surface area (Å²) in [5.74, 6) is -0.634. The minimum Gasteiger partial charge on any atom is -0.506 e. The lowest BCUT2D eigenvalue weighted by Crippen LogP contribution is -1.87. The van der Waals surface area contributed by atoms with E-state index in [0.717, 1.165) is 0 Å². The van der Waals surface area contributed by atoms with Gasteiger partial charge in [-0.25, -0.2) is 4.39 Å². The molecule has 0 saturated heterocycles. The average Bonchev–Trinajstić information content (AvgIpc) is 2.30. The maximum Gasteiger partial charge on any atom is 0.150 e. The van der Waals surface area contributed by atoms with Gasteiger partial charge in [0.1, 0.15) is 5.75 Å². The molecule has 1 nitrogen and oxygen atoms in total. The van der Waals surface area contributed by atoms with Gasteiger partial charge >= 0.3 is 0 Å². The summed E-state index contributed by atoms with van der Waals surface area (Å²) >= 11 is 14.6. The Morgan fingerprint density at radius 3 is 2.47 bits per heavy atom. The Morgan fingerprint density at radius 1 is 1.12 bits per heavy atom. The number of rotatable bonds is 1. The largest absolute Gasteiger partial charge is 0.506 e.